The summed E-state index contributed by atoms with van der Waals surface area (Å²) in [6.07, 6.45) is 1.46. The van der Waals surface area contributed by atoms with Crippen molar-refractivity contribution in [3.63, 3.8) is 0 Å². The predicted molar refractivity (Wildman–Crippen MR) is 71.9 cm³/mol. The van der Waals surface area contributed by atoms with Gasteiger partial charge in [0.05, 0.1) is 18.9 Å². The highest BCUT2D eigenvalue weighted by Gasteiger charge is 2.22. The lowest BCUT2D eigenvalue weighted by atomic mass is 10.3. The summed E-state index contributed by atoms with van der Waals surface area (Å²) in [6.45, 7) is 0. The molecule has 0 bridgehead atoms. The summed E-state index contributed by atoms with van der Waals surface area (Å²) in [5, 5.41) is 6.29. The highest BCUT2D eigenvalue weighted by molar-refractivity contribution is 7.94. The van der Waals surface area contributed by atoms with Gasteiger partial charge in [-0.15, -0.1) is 0 Å². The Hall–Kier alpha value is -2.02. The van der Waals surface area contributed by atoms with E-state index in [0.29, 0.717) is 11.4 Å². The van der Waals surface area contributed by atoms with Crippen LogP contribution in [0.4, 0.5) is 10.5 Å². The third-order valence-corrected chi connectivity index (χ3v) is 3.97. The number of sulfone groups is 1. The number of methoxy groups -OCH3 is 1. The van der Waals surface area contributed by atoms with Gasteiger partial charge in [0, 0.05) is 17.2 Å². The Morgan fingerprint density at radius 1 is 1.42 bits per heavy atom. The number of hydrogen-bond donors (Lipinski definition) is 2. The number of hydrogen-bond acceptors (Lipinski definition) is 4. The average Bonchev–Trinajstić information content (AvgIpc) is 2.68. The molecule has 1 atom stereocenters. The fourth-order valence-electron chi connectivity index (χ4n) is 1.70. The van der Waals surface area contributed by atoms with Crippen LogP contribution in [0.15, 0.2) is 35.7 Å². The lowest BCUT2D eigenvalue weighted by molar-refractivity contribution is 0.251. The second kappa shape index (κ2) is 5.31. The molecule has 102 valence electrons. The fraction of sp³-hybridized carbons (Fsp3) is 0.250. The highest BCUT2D eigenvalue weighted by Crippen LogP contribution is 2.16. The number of ether oxygens (including phenoxy) is 1. The van der Waals surface area contributed by atoms with Gasteiger partial charge < -0.3 is 15.4 Å². The quantitative estimate of drug-likeness (QED) is 0.870. The van der Waals surface area contributed by atoms with Gasteiger partial charge in [-0.05, 0) is 18.2 Å². The van der Waals surface area contributed by atoms with E-state index in [2.05, 4.69) is 10.6 Å². The van der Waals surface area contributed by atoms with Crippen LogP contribution in [-0.2, 0) is 9.84 Å². The summed E-state index contributed by atoms with van der Waals surface area (Å²) in [7, 11) is -1.63. The smallest absolute Gasteiger partial charge is 0.319 e. The zero-order valence-electron chi connectivity index (χ0n) is 10.3. The van der Waals surface area contributed by atoms with E-state index >= 15 is 0 Å². The van der Waals surface area contributed by atoms with Crippen LogP contribution in [0.3, 0.4) is 0 Å². The molecule has 7 heteroatoms. The van der Waals surface area contributed by atoms with Crippen molar-refractivity contribution in [3.8, 4) is 5.75 Å². The third kappa shape index (κ3) is 3.72. The average molecular weight is 282 g/mol. The Balaban J connectivity index is 1.93. The van der Waals surface area contributed by atoms with E-state index in [1.807, 2.05) is 0 Å². The molecule has 1 aromatic rings. The van der Waals surface area contributed by atoms with Crippen molar-refractivity contribution in [1.82, 2.24) is 5.32 Å². The number of rotatable bonds is 3. The maximum absolute atomic E-state index is 11.7. The molecule has 0 aliphatic carbocycles. The molecule has 1 aliphatic heterocycles. The Labute approximate surface area is 111 Å². The van der Waals surface area contributed by atoms with Gasteiger partial charge in [-0.1, -0.05) is 6.07 Å². The van der Waals surface area contributed by atoms with E-state index in [4.69, 9.17) is 4.74 Å². The lowest BCUT2D eigenvalue weighted by Gasteiger charge is -2.11. The van der Waals surface area contributed by atoms with Crippen LogP contribution in [0.2, 0.25) is 0 Å². The molecule has 1 aliphatic rings. The molecule has 0 aromatic heterocycles. The van der Waals surface area contributed by atoms with Gasteiger partial charge in [0.2, 0.25) is 0 Å². The number of amides is 2. The second-order valence-corrected chi connectivity index (χ2v) is 6.03. The third-order valence-electron chi connectivity index (χ3n) is 2.57. The molecule has 1 heterocycles. The van der Waals surface area contributed by atoms with Crippen molar-refractivity contribution in [3.05, 3.63) is 35.7 Å². The molecule has 1 unspecified atom stereocenters. The van der Waals surface area contributed by atoms with Crippen LogP contribution in [0, 0.1) is 0 Å². The van der Waals surface area contributed by atoms with Gasteiger partial charge in [0.1, 0.15) is 5.75 Å². The first-order valence-corrected chi connectivity index (χ1v) is 7.32. The Kier molecular flexibility index (Phi) is 3.75. The van der Waals surface area contributed by atoms with Crippen molar-refractivity contribution >= 4 is 21.6 Å². The van der Waals surface area contributed by atoms with Crippen LogP contribution in [0.5, 0.6) is 5.75 Å². The molecule has 1 aromatic carbocycles. The van der Waals surface area contributed by atoms with Crippen LogP contribution >= 0.6 is 0 Å². The van der Waals surface area contributed by atoms with Crippen LogP contribution < -0.4 is 15.4 Å². The molecule has 0 spiro atoms. The zero-order valence-corrected chi connectivity index (χ0v) is 11.1. The minimum Gasteiger partial charge on any atom is -0.497 e. The topological polar surface area (TPSA) is 84.5 Å². The number of carbonyl (C=O) groups excluding carboxylic acids is 1. The van der Waals surface area contributed by atoms with Crippen LogP contribution in [-0.4, -0.2) is 33.4 Å². The molecule has 19 heavy (non-hydrogen) atoms. The molecule has 2 amide bonds. The first-order chi connectivity index (χ1) is 8.98. The molecule has 0 fully saturated rings. The second-order valence-electron chi connectivity index (χ2n) is 4.09. The molecule has 0 radical (unpaired) electrons. The van der Waals surface area contributed by atoms with Gasteiger partial charge >= 0.3 is 6.03 Å². The predicted octanol–water partition coefficient (Wildman–Crippen LogP) is 1.13. The van der Waals surface area contributed by atoms with Crippen LogP contribution in [0.25, 0.3) is 0 Å². The van der Waals surface area contributed by atoms with E-state index in [-0.39, 0.29) is 5.75 Å². The van der Waals surface area contributed by atoms with Gasteiger partial charge in [0.25, 0.3) is 0 Å². The fourth-order valence-corrected chi connectivity index (χ4v) is 2.94. The molecule has 0 saturated carbocycles. The monoisotopic (exact) mass is 282 g/mol. The van der Waals surface area contributed by atoms with Crippen LogP contribution in [0.1, 0.15) is 0 Å². The zero-order chi connectivity index (χ0) is 13.9. The number of urea groups is 1. The van der Waals surface area contributed by atoms with Crippen molar-refractivity contribution in [2.75, 3.05) is 18.2 Å². The standard InChI is InChI=1S/C12H14N2O4S/c1-18-11-4-2-3-9(7-11)13-12(15)14-10-5-6-19(16,17)8-10/h2-7,10H,8H2,1H3,(H2,13,14,15). The van der Waals surface area contributed by atoms with Crippen molar-refractivity contribution in [1.29, 1.82) is 0 Å². The summed E-state index contributed by atoms with van der Waals surface area (Å²) < 4.78 is 27.4. The first-order valence-electron chi connectivity index (χ1n) is 5.61. The SMILES string of the molecule is COc1cccc(NC(=O)NC2C=CS(=O)(=O)C2)c1. The summed E-state index contributed by atoms with van der Waals surface area (Å²) in [6, 6.07) is 5.93. The van der Waals surface area contributed by atoms with E-state index < -0.39 is 21.9 Å². The minimum absolute atomic E-state index is 0.0987. The summed E-state index contributed by atoms with van der Waals surface area (Å²) in [4.78, 5) is 11.7. The van der Waals surface area contributed by atoms with Gasteiger partial charge in [-0.25, -0.2) is 13.2 Å². The first kappa shape index (κ1) is 13.4. The number of nitrogens with one attached hydrogen (secondary N) is 2. The molecular weight excluding hydrogens is 268 g/mol. The largest absolute Gasteiger partial charge is 0.497 e. The number of benzene rings is 1. The maximum atomic E-state index is 11.7. The molecular formula is C12H14N2O4S. The Morgan fingerprint density at radius 2 is 2.21 bits per heavy atom. The Bertz CT molecular complexity index is 610. The van der Waals surface area contributed by atoms with Crippen molar-refractivity contribution in [2.24, 2.45) is 0 Å². The summed E-state index contributed by atoms with van der Waals surface area (Å²) in [5.41, 5.74) is 0.571. The Morgan fingerprint density at radius 3 is 2.84 bits per heavy atom. The van der Waals surface area contributed by atoms with Gasteiger partial charge in [-0.2, -0.15) is 0 Å². The number of carbonyl (C=O) groups is 1. The summed E-state index contributed by atoms with van der Waals surface area (Å²) in [5.74, 6) is 0.527. The molecule has 2 rings (SSSR count). The maximum Gasteiger partial charge on any atom is 0.319 e. The molecule has 0 saturated heterocycles. The minimum atomic E-state index is -3.17. The normalized spacial score (nSPS) is 19.9. The van der Waals surface area contributed by atoms with E-state index in [1.54, 1.807) is 24.3 Å². The van der Waals surface area contributed by atoms with Crippen molar-refractivity contribution < 1.29 is 17.9 Å². The lowest BCUT2D eigenvalue weighted by Crippen LogP contribution is -2.38. The van der Waals surface area contributed by atoms with E-state index in [9.17, 15) is 13.2 Å². The highest BCUT2D eigenvalue weighted by atomic mass is 32.2. The van der Waals surface area contributed by atoms with Gasteiger partial charge in [-0.3, -0.25) is 0 Å². The number of anilines is 1. The van der Waals surface area contributed by atoms with Gasteiger partial charge in [0.15, 0.2) is 9.84 Å². The van der Waals surface area contributed by atoms with E-state index in [1.165, 1.54) is 13.2 Å². The summed E-state index contributed by atoms with van der Waals surface area (Å²) >= 11 is 0. The van der Waals surface area contributed by atoms with Crippen molar-refractivity contribution in [2.45, 2.75) is 6.04 Å². The molecule has 2 N–H and O–H groups in total. The molecule has 6 nitrogen and oxygen atoms in total. The van der Waals surface area contributed by atoms with E-state index in [0.717, 1.165) is 5.41 Å².